The van der Waals surface area contributed by atoms with E-state index in [2.05, 4.69) is 16.0 Å². The molecule has 3 heterocycles. The fourth-order valence-electron chi connectivity index (χ4n) is 3.51. The van der Waals surface area contributed by atoms with Crippen LogP contribution < -0.4 is 5.32 Å². The summed E-state index contributed by atoms with van der Waals surface area (Å²) in [7, 11) is 0. The van der Waals surface area contributed by atoms with E-state index in [1.807, 2.05) is 31.2 Å². The summed E-state index contributed by atoms with van der Waals surface area (Å²) in [5.41, 5.74) is 3.15. The molecule has 7 heteroatoms. The smallest absolute Gasteiger partial charge is 0.409 e. The number of nitrogens with one attached hydrogen (secondary N) is 1. The van der Waals surface area contributed by atoms with Gasteiger partial charge in [-0.15, -0.1) is 0 Å². The number of likely N-dealkylation sites (tertiary alicyclic amines) is 1. The van der Waals surface area contributed by atoms with E-state index in [0.717, 1.165) is 35.4 Å². The summed E-state index contributed by atoms with van der Waals surface area (Å²) in [6.45, 7) is 4.32. The van der Waals surface area contributed by atoms with Crippen LogP contribution in [0.3, 0.4) is 0 Å². The van der Waals surface area contributed by atoms with Crippen molar-refractivity contribution in [3.63, 3.8) is 0 Å². The molecule has 1 aromatic carbocycles. The van der Waals surface area contributed by atoms with Crippen molar-refractivity contribution in [2.24, 2.45) is 0 Å². The monoisotopic (exact) mass is 368 g/mol. The van der Waals surface area contributed by atoms with Crippen LogP contribution in [0.4, 0.5) is 10.7 Å². The zero-order valence-corrected chi connectivity index (χ0v) is 15.4. The molecule has 3 aromatic rings. The number of piperidine rings is 1. The van der Waals surface area contributed by atoms with Crippen LogP contribution in [-0.2, 0) is 11.3 Å². The van der Waals surface area contributed by atoms with Gasteiger partial charge in [-0.2, -0.15) is 0 Å². The number of fused-ring (bicyclic) bond motifs is 1. The Balaban J connectivity index is 1.50. The minimum absolute atomic E-state index is 0.219. The number of benzene rings is 1. The largest absolute Gasteiger partial charge is 0.472 e. The number of rotatable bonds is 5. The molecule has 0 spiro atoms. The van der Waals surface area contributed by atoms with Gasteiger partial charge in [-0.3, -0.25) is 0 Å². The number of imidazole rings is 1. The molecule has 1 aliphatic heterocycles. The fraction of sp³-hybridized carbons (Fsp3) is 0.400. The molecule has 142 valence electrons. The molecule has 1 N–H and O–H groups in total. The molecule has 1 saturated heterocycles. The van der Waals surface area contributed by atoms with Crippen LogP contribution in [0.5, 0.6) is 0 Å². The second-order valence-corrected chi connectivity index (χ2v) is 6.75. The molecule has 1 aliphatic rings. The van der Waals surface area contributed by atoms with Crippen LogP contribution in [0.25, 0.3) is 11.0 Å². The molecule has 0 radical (unpaired) electrons. The van der Waals surface area contributed by atoms with Crippen molar-refractivity contribution in [3.05, 3.63) is 48.4 Å². The lowest BCUT2D eigenvalue weighted by molar-refractivity contribution is 0.0983. The number of hydrogen-bond donors (Lipinski definition) is 1. The third-order valence-corrected chi connectivity index (χ3v) is 4.93. The van der Waals surface area contributed by atoms with Gasteiger partial charge in [0.2, 0.25) is 5.95 Å². The Kier molecular flexibility index (Phi) is 5.00. The van der Waals surface area contributed by atoms with Gasteiger partial charge in [-0.1, -0.05) is 12.1 Å². The molecule has 1 amide bonds. The third-order valence-electron chi connectivity index (χ3n) is 4.93. The third kappa shape index (κ3) is 3.77. The topological polar surface area (TPSA) is 72.5 Å². The quantitative estimate of drug-likeness (QED) is 0.743. The standard InChI is InChI=1S/C20H24N4O3/c1-2-27-20(25)23-10-7-16(8-11-23)21-19-22-17-5-3-4-6-18(17)24(19)13-15-9-12-26-14-15/h3-6,9,12,14,16H,2,7-8,10-11,13H2,1H3,(H,21,22). The van der Waals surface area contributed by atoms with Crippen molar-refractivity contribution in [1.29, 1.82) is 0 Å². The molecule has 1 fully saturated rings. The number of furan rings is 1. The van der Waals surface area contributed by atoms with Gasteiger partial charge >= 0.3 is 6.09 Å². The summed E-state index contributed by atoms with van der Waals surface area (Å²) in [5, 5.41) is 3.59. The Hall–Kier alpha value is -2.96. The summed E-state index contributed by atoms with van der Waals surface area (Å²) in [4.78, 5) is 18.4. The van der Waals surface area contributed by atoms with Gasteiger partial charge in [0.1, 0.15) is 0 Å². The zero-order chi connectivity index (χ0) is 18.6. The highest BCUT2D eigenvalue weighted by molar-refractivity contribution is 5.78. The first-order chi connectivity index (χ1) is 13.2. The van der Waals surface area contributed by atoms with E-state index in [4.69, 9.17) is 14.1 Å². The predicted octanol–water partition coefficient (Wildman–Crippen LogP) is 3.71. The van der Waals surface area contributed by atoms with E-state index in [1.54, 1.807) is 17.4 Å². The highest BCUT2D eigenvalue weighted by Crippen LogP contribution is 2.24. The predicted molar refractivity (Wildman–Crippen MR) is 103 cm³/mol. The number of aromatic nitrogens is 2. The van der Waals surface area contributed by atoms with E-state index in [9.17, 15) is 4.79 Å². The highest BCUT2D eigenvalue weighted by atomic mass is 16.6. The SMILES string of the molecule is CCOC(=O)N1CCC(Nc2nc3ccccc3n2Cc2ccoc2)CC1. The molecule has 0 unspecified atom stereocenters. The normalized spacial score (nSPS) is 15.2. The molecular weight excluding hydrogens is 344 g/mol. The average molecular weight is 368 g/mol. The number of carbonyl (C=O) groups is 1. The molecule has 0 atom stereocenters. The number of ether oxygens (including phenoxy) is 1. The number of para-hydroxylation sites is 2. The van der Waals surface area contributed by atoms with Gasteiger partial charge in [-0.05, 0) is 38.0 Å². The minimum atomic E-state index is -0.219. The molecule has 2 aromatic heterocycles. The van der Waals surface area contributed by atoms with Crippen molar-refractivity contribution in [3.8, 4) is 0 Å². The van der Waals surface area contributed by atoms with E-state index in [1.165, 1.54) is 0 Å². The lowest BCUT2D eigenvalue weighted by atomic mass is 10.1. The Bertz CT molecular complexity index is 895. The number of carbonyl (C=O) groups excluding carboxylic acids is 1. The molecule has 0 bridgehead atoms. The zero-order valence-electron chi connectivity index (χ0n) is 15.4. The van der Waals surface area contributed by atoms with Gasteiger partial charge in [0.05, 0.1) is 36.7 Å². The van der Waals surface area contributed by atoms with Crippen LogP contribution in [0, 0.1) is 0 Å². The van der Waals surface area contributed by atoms with Gasteiger partial charge in [0, 0.05) is 24.7 Å². The van der Waals surface area contributed by atoms with Crippen LogP contribution in [0.1, 0.15) is 25.3 Å². The highest BCUT2D eigenvalue weighted by Gasteiger charge is 2.24. The van der Waals surface area contributed by atoms with E-state index < -0.39 is 0 Å². The van der Waals surface area contributed by atoms with Crippen LogP contribution in [0.2, 0.25) is 0 Å². The lowest BCUT2D eigenvalue weighted by Crippen LogP contribution is -2.42. The number of hydrogen-bond acceptors (Lipinski definition) is 5. The first-order valence-electron chi connectivity index (χ1n) is 9.39. The molecule has 0 aliphatic carbocycles. The Morgan fingerprint density at radius 1 is 1.30 bits per heavy atom. The van der Waals surface area contributed by atoms with Gasteiger partial charge in [0.25, 0.3) is 0 Å². The summed E-state index contributed by atoms with van der Waals surface area (Å²) in [6, 6.07) is 10.4. The van der Waals surface area contributed by atoms with E-state index in [-0.39, 0.29) is 12.1 Å². The maximum Gasteiger partial charge on any atom is 0.409 e. The Morgan fingerprint density at radius 3 is 2.85 bits per heavy atom. The van der Waals surface area contributed by atoms with Gasteiger partial charge in [-0.25, -0.2) is 9.78 Å². The van der Waals surface area contributed by atoms with E-state index >= 15 is 0 Å². The summed E-state index contributed by atoms with van der Waals surface area (Å²) < 4.78 is 12.5. The van der Waals surface area contributed by atoms with Crippen molar-refractivity contribution in [2.45, 2.75) is 32.4 Å². The van der Waals surface area contributed by atoms with Gasteiger partial charge in [0.15, 0.2) is 0 Å². The first-order valence-corrected chi connectivity index (χ1v) is 9.39. The Labute approximate surface area is 157 Å². The molecule has 7 nitrogen and oxygen atoms in total. The summed E-state index contributed by atoms with van der Waals surface area (Å²) >= 11 is 0. The summed E-state index contributed by atoms with van der Waals surface area (Å²) in [6.07, 6.45) is 4.97. The molecular formula is C20H24N4O3. The van der Waals surface area contributed by atoms with Crippen LogP contribution >= 0.6 is 0 Å². The minimum Gasteiger partial charge on any atom is -0.472 e. The number of nitrogens with zero attached hydrogens (tertiary/aromatic N) is 3. The Morgan fingerprint density at radius 2 is 2.11 bits per heavy atom. The lowest BCUT2D eigenvalue weighted by Gasteiger charge is -2.31. The molecule has 0 saturated carbocycles. The van der Waals surface area contributed by atoms with Gasteiger partial charge < -0.3 is 23.9 Å². The van der Waals surface area contributed by atoms with Crippen molar-refractivity contribution >= 4 is 23.1 Å². The van der Waals surface area contributed by atoms with Crippen molar-refractivity contribution in [2.75, 3.05) is 25.0 Å². The van der Waals surface area contributed by atoms with E-state index in [0.29, 0.717) is 26.2 Å². The molecule has 4 rings (SSSR count). The maximum absolute atomic E-state index is 11.9. The maximum atomic E-state index is 11.9. The second-order valence-electron chi connectivity index (χ2n) is 6.75. The van der Waals surface area contributed by atoms with Crippen LogP contribution in [0.15, 0.2) is 47.3 Å². The average Bonchev–Trinajstić information content (AvgIpc) is 3.31. The number of amides is 1. The number of anilines is 1. The van der Waals surface area contributed by atoms with Crippen molar-refractivity contribution in [1.82, 2.24) is 14.5 Å². The summed E-state index contributed by atoms with van der Waals surface area (Å²) in [5.74, 6) is 0.854. The van der Waals surface area contributed by atoms with Crippen LogP contribution in [-0.4, -0.2) is 46.3 Å². The first kappa shape index (κ1) is 17.5. The fourth-order valence-corrected chi connectivity index (χ4v) is 3.51. The van der Waals surface area contributed by atoms with Crippen molar-refractivity contribution < 1.29 is 13.9 Å². The second kappa shape index (κ2) is 7.73. The molecule has 27 heavy (non-hydrogen) atoms.